The van der Waals surface area contributed by atoms with Crippen molar-refractivity contribution in [3.8, 4) is 0 Å². The number of aromatic nitrogens is 1. The summed E-state index contributed by atoms with van der Waals surface area (Å²) in [4.78, 5) is 14.5. The van der Waals surface area contributed by atoms with Gasteiger partial charge in [0.2, 0.25) is 0 Å². The Kier molecular flexibility index (Phi) is 6.84. The summed E-state index contributed by atoms with van der Waals surface area (Å²) >= 11 is 6.34. The van der Waals surface area contributed by atoms with Crippen LogP contribution in [0, 0.1) is 13.8 Å². The van der Waals surface area contributed by atoms with Gasteiger partial charge >= 0.3 is 0 Å². The predicted octanol–water partition coefficient (Wildman–Crippen LogP) is 7.76. The van der Waals surface area contributed by atoms with Crippen LogP contribution < -0.4 is 0 Å². The third-order valence-corrected chi connectivity index (χ3v) is 5.43. The predicted molar refractivity (Wildman–Crippen MR) is 129 cm³/mol. The minimum Gasteiger partial charge on any atom is -0.251 e. The van der Waals surface area contributed by atoms with Gasteiger partial charge in [-0.15, -0.1) is 0 Å². The molecule has 0 fully saturated rings. The van der Waals surface area contributed by atoms with E-state index in [9.17, 15) is 0 Å². The highest BCUT2D eigenvalue weighted by Crippen LogP contribution is 2.31. The van der Waals surface area contributed by atoms with Crippen LogP contribution in [0.2, 0.25) is 5.02 Å². The highest BCUT2D eigenvalue weighted by molar-refractivity contribution is 6.33. The fourth-order valence-corrected chi connectivity index (χ4v) is 3.62. The van der Waals surface area contributed by atoms with Crippen LogP contribution in [0.15, 0.2) is 64.6 Å². The van der Waals surface area contributed by atoms with Crippen LogP contribution in [0.1, 0.15) is 61.7 Å². The quantitative estimate of drug-likeness (QED) is 0.391. The second-order valence-electron chi connectivity index (χ2n) is 7.88. The molecule has 2 aromatic carbocycles. The number of hydrogen-bond acceptors (Lipinski definition) is 3. The number of para-hydroxylation sites is 2. The first-order valence-corrected chi connectivity index (χ1v) is 10.6. The van der Waals surface area contributed by atoms with Crippen molar-refractivity contribution in [2.45, 2.75) is 47.5 Å². The van der Waals surface area contributed by atoms with Crippen molar-refractivity contribution in [2.24, 2.45) is 9.98 Å². The molecule has 0 aliphatic carbocycles. The standard InChI is InChI=1S/C26H28ClN3/c1-16(2)21-12-7-10-17(3)25(21)28-19(5)23-14-9-15-24(30-23)20(6)29-26-18(4)11-8-13-22(26)27/h7-16H,1-6H3. The summed E-state index contributed by atoms with van der Waals surface area (Å²) in [6.07, 6.45) is 0. The van der Waals surface area contributed by atoms with Crippen molar-refractivity contribution in [1.82, 2.24) is 4.98 Å². The topological polar surface area (TPSA) is 37.6 Å². The monoisotopic (exact) mass is 417 g/mol. The Morgan fingerprint density at radius 1 is 0.767 bits per heavy atom. The zero-order valence-electron chi connectivity index (χ0n) is 18.5. The van der Waals surface area contributed by atoms with Crippen molar-refractivity contribution in [2.75, 3.05) is 0 Å². The molecule has 154 valence electrons. The van der Waals surface area contributed by atoms with Gasteiger partial charge in [-0.1, -0.05) is 61.8 Å². The fraction of sp³-hybridized carbons (Fsp3) is 0.269. The third-order valence-electron chi connectivity index (χ3n) is 5.13. The molecule has 3 nitrogen and oxygen atoms in total. The smallest absolute Gasteiger partial charge is 0.0849 e. The van der Waals surface area contributed by atoms with Crippen molar-refractivity contribution in [3.05, 3.63) is 87.7 Å². The van der Waals surface area contributed by atoms with Gasteiger partial charge in [-0.2, -0.15) is 0 Å². The maximum atomic E-state index is 6.34. The Hall–Kier alpha value is -2.78. The molecule has 30 heavy (non-hydrogen) atoms. The van der Waals surface area contributed by atoms with E-state index in [4.69, 9.17) is 26.6 Å². The molecule has 0 aliphatic heterocycles. The van der Waals surface area contributed by atoms with Gasteiger partial charge in [-0.25, -0.2) is 9.98 Å². The van der Waals surface area contributed by atoms with Gasteiger partial charge in [-0.3, -0.25) is 4.99 Å². The number of aryl methyl sites for hydroxylation is 2. The van der Waals surface area contributed by atoms with Gasteiger partial charge in [0.15, 0.2) is 0 Å². The van der Waals surface area contributed by atoms with Crippen LogP contribution in [0.4, 0.5) is 11.4 Å². The van der Waals surface area contributed by atoms with E-state index in [0.29, 0.717) is 10.9 Å². The summed E-state index contributed by atoms with van der Waals surface area (Å²) in [6, 6.07) is 18.1. The Morgan fingerprint density at radius 2 is 1.27 bits per heavy atom. The number of aliphatic imine (C=N–C) groups is 2. The molecule has 0 amide bonds. The number of nitrogens with zero attached hydrogens (tertiary/aromatic N) is 3. The molecule has 0 N–H and O–H groups in total. The average Bonchev–Trinajstić information content (AvgIpc) is 2.72. The molecule has 0 aliphatic rings. The highest BCUT2D eigenvalue weighted by Gasteiger charge is 2.11. The lowest BCUT2D eigenvalue weighted by Gasteiger charge is -2.13. The minimum atomic E-state index is 0.406. The van der Waals surface area contributed by atoms with Gasteiger partial charge in [-0.05, 0) is 68.5 Å². The van der Waals surface area contributed by atoms with Crippen molar-refractivity contribution < 1.29 is 0 Å². The number of benzene rings is 2. The molecule has 0 bridgehead atoms. The maximum Gasteiger partial charge on any atom is 0.0849 e. The van der Waals surface area contributed by atoms with Gasteiger partial charge < -0.3 is 0 Å². The lowest BCUT2D eigenvalue weighted by molar-refractivity contribution is 0.865. The normalized spacial score (nSPS) is 12.5. The Balaban J connectivity index is 2.00. The molecule has 0 spiro atoms. The van der Waals surface area contributed by atoms with E-state index in [1.54, 1.807) is 0 Å². The molecule has 0 saturated heterocycles. The first-order valence-electron chi connectivity index (χ1n) is 10.2. The second kappa shape index (κ2) is 9.36. The average molecular weight is 418 g/mol. The number of hydrogen-bond donors (Lipinski definition) is 0. The number of pyridine rings is 1. The van der Waals surface area contributed by atoms with E-state index in [-0.39, 0.29) is 0 Å². The van der Waals surface area contributed by atoms with Crippen molar-refractivity contribution >= 4 is 34.4 Å². The molecule has 0 radical (unpaired) electrons. The molecular formula is C26H28ClN3. The van der Waals surface area contributed by atoms with Crippen LogP contribution in [0.5, 0.6) is 0 Å². The second-order valence-corrected chi connectivity index (χ2v) is 8.28. The number of rotatable bonds is 5. The van der Waals surface area contributed by atoms with E-state index < -0.39 is 0 Å². The minimum absolute atomic E-state index is 0.406. The zero-order chi connectivity index (χ0) is 21.8. The van der Waals surface area contributed by atoms with Gasteiger partial charge in [0.05, 0.1) is 39.2 Å². The molecule has 4 heteroatoms. The molecule has 3 rings (SSSR count). The van der Waals surface area contributed by atoms with Crippen LogP contribution in [-0.4, -0.2) is 16.4 Å². The van der Waals surface area contributed by atoms with E-state index in [2.05, 4.69) is 39.0 Å². The van der Waals surface area contributed by atoms with E-state index in [1.165, 1.54) is 11.1 Å². The molecule has 1 heterocycles. The largest absolute Gasteiger partial charge is 0.251 e. The molecule has 0 unspecified atom stereocenters. The Morgan fingerprint density at radius 3 is 1.83 bits per heavy atom. The summed E-state index contributed by atoms with van der Waals surface area (Å²) in [5, 5.41) is 0.643. The summed E-state index contributed by atoms with van der Waals surface area (Å²) in [5.41, 5.74) is 8.64. The number of halogens is 1. The lowest BCUT2D eigenvalue weighted by Crippen LogP contribution is -2.05. The van der Waals surface area contributed by atoms with E-state index in [0.717, 1.165) is 39.7 Å². The SMILES string of the molecule is CC(=Nc1c(C)cccc1Cl)c1cccc(C(C)=Nc2c(C)cccc2C(C)C)n1. The molecular weight excluding hydrogens is 390 g/mol. The Bertz CT molecular complexity index is 1110. The first-order chi connectivity index (χ1) is 14.3. The van der Waals surface area contributed by atoms with Crippen LogP contribution in [-0.2, 0) is 0 Å². The van der Waals surface area contributed by atoms with Gasteiger partial charge in [0.1, 0.15) is 0 Å². The molecule has 1 aromatic heterocycles. The first kappa shape index (κ1) is 21.9. The molecule has 0 atom stereocenters. The maximum absolute atomic E-state index is 6.34. The summed E-state index contributed by atoms with van der Waals surface area (Å²) in [5.74, 6) is 0.406. The fourth-order valence-electron chi connectivity index (χ4n) is 3.35. The Labute approximate surface area is 184 Å². The third kappa shape index (κ3) is 4.85. The van der Waals surface area contributed by atoms with E-state index in [1.807, 2.05) is 57.2 Å². The van der Waals surface area contributed by atoms with Crippen LogP contribution in [0.3, 0.4) is 0 Å². The summed E-state index contributed by atoms with van der Waals surface area (Å²) < 4.78 is 0. The van der Waals surface area contributed by atoms with Gasteiger partial charge in [0.25, 0.3) is 0 Å². The van der Waals surface area contributed by atoms with Crippen molar-refractivity contribution in [3.63, 3.8) is 0 Å². The van der Waals surface area contributed by atoms with E-state index >= 15 is 0 Å². The molecule has 3 aromatic rings. The highest BCUT2D eigenvalue weighted by atomic mass is 35.5. The molecule has 0 saturated carbocycles. The summed E-state index contributed by atoms with van der Waals surface area (Å²) in [7, 11) is 0. The summed E-state index contributed by atoms with van der Waals surface area (Å²) in [6.45, 7) is 12.5. The van der Waals surface area contributed by atoms with Crippen molar-refractivity contribution in [1.29, 1.82) is 0 Å². The van der Waals surface area contributed by atoms with Crippen LogP contribution >= 0.6 is 11.6 Å². The van der Waals surface area contributed by atoms with Crippen LogP contribution in [0.25, 0.3) is 0 Å². The zero-order valence-corrected chi connectivity index (χ0v) is 19.2. The van der Waals surface area contributed by atoms with Gasteiger partial charge in [0, 0.05) is 0 Å². The lowest BCUT2D eigenvalue weighted by atomic mass is 9.98.